The van der Waals surface area contributed by atoms with Crippen molar-refractivity contribution < 1.29 is 40.2 Å². The summed E-state index contributed by atoms with van der Waals surface area (Å²) in [5, 5.41) is 3.30. The molecule has 3 aromatic rings. The lowest BCUT2D eigenvalue weighted by atomic mass is 9.88. The predicted molar refractivity (Wildman–Crippen MR) is 154 cm³/mol. The average molecular weight is 656 g/mol. The molecule has 3 saturated heterocycles. The first-order valence-corrected chi connectivity index (χ1v) is 15.2. The smallest absolute Gasteiger partial charge is 0.417 e. The molecule has 0 bridgehead atoms. The summed E-state index contributed by atoms with van der Waals surface area (Å²) >= 11 is 0. The molecule has 6 heterocycles. The van der Waals surface area contributed by atoms with E-state index in [1.54, 1.807) is 11.8 Å². The van der Waals surface area contributed by atoms with Gasteiger partial charge >= 0.3 is 12.2 Å². The van der Waals surface area contributed by atoms with E-state index in [0.29, 0.717) is 45.1 Å². The number of hydrogen-bond acceptors (Lipinski definition) is 9. The summed E-state index contributed by atoms with van der Waals surface area (Å²) in [6, 6.07) is 0.0725. The second kappa shape index (κ2) is 11.0. The molecule has 1 aromatic carbocycles. The Morgan fingerprint density at radius 1 is 1.15 bits per heavy atom. The number of nitrogens with zero attached hydrogens (tertiary/aromatic N) is 5. The Kier molecular flexibility index (Phi) is 7.38. The molecule has 3 N–H and O–H groups in total. The fraction of sp³-hybridized carbons (Fsp3) is 0.567. The number of alkyl halides is 5. The first-order valence-electron chi connectivity index (χ1n) is 15.2. The van der Waals surface area contributed by atoms with Crippen molar-refractivity contribution in [3.8, 4) is 23.1 Å². The van der Waals surface area contributed by atoms with Crippen molar-refractivity contribution in [3.63, 3.8) is 0 Å². The molecular weight excluding hydrogens is 623 g/mol. The van der Waals surface area contributed by atoms with E-state index in [1.165, 1.54) is 0 Å². The molecule has 3 fully saturated rings. The highest BCUT2D eigenvalue weighted by Gasteiger charge is 2.56. The van der Waals surface area contributed by atoms with Gasteiger partial charge in [0.05, 0.1) is 29.4 Å². The first kappa shape index (κ1) is 31.0. The number of nitrogens with two attached hydrogens (primary N) is 1. The van der Waals surface area contributed by atoms with Gasteiger partial charge in [-0.2, -0.15) is 23.1 Å². The fourth-order valence-corrected chi connectivity index (χ4v) is 7.60. The maximum atomic E-state index is 16.6. The fourth-order valence-electron chi connectivity index (χ4n) is 7.60. The van der Waals surface area contributed by atoms with Gasteiger partial charge in [0, 0.05) is 38.2 Å². The van der Waals surface area contributed by atoms with Crippen molar-refractivity contribution in [3.05, 3.63) is 28.8 Å². The third-order valence-corrected chi connectivity index (χ3v) is 9.83. The molecule has 16 heteroatoms. The zero-order valence-corrected chi connectivity index (χ0v) is 25.0. The number of nitrogens with one attached hydrogen (secondary N) is 1. The van der Waals surface area contributed by atoms with Crippen molar-refractivity contribution in [2.45, 2.75) is 69.3 Å². The molecule has 0 unspecified atom stereocenters. The molecule has 0 amide bonds. The molecule has 0 radical (unpaired) electrons. The molecule has 7 rings (SSSR count). The Labute approximate surface area is 259 Å². The van der Waals surface area contributed by atoms with Crippen LogP contribution in [-0.4, -0.2) is 89.2 Å². The van der Waals surface area contributed by atoms with Crippen LogP contribution in [0.25, 0.3) is 22.2 Å². The zero-order chi connectivity index (χ0) is 32.7. The normalized spacial score (nSPS) is 27.8. The number of ether oxygens (including phenoxy) is 2. The number of nitrogen functional groups attached to an aromatic ring is 1. The molecule has 2 aromatic heterocycles. The second-order valence-electron chi connectivity index (χ2n) is 12.4. The van der Waals surface area contributed by atoms with Crippen LogP contribution in [0.4, 0.5) is 42.2 Å². The third-order valence-electron chi connectivity index (χ3n) is 9.83. The monoisotopic (exact) mass is 655 g/mol. The number of benzene rings is 1. The molecule has 248 valence electrons. The van der Waals surface area contributed by atoms with Crippen LogP contribution in [0.5, 0.6) is 11.9 Å². The summed E-state index contributed by atoms with van der Waals surface area (Å²) in [5.41, 5.74) is -0.168. The Bertz CT molecular complexity index is 1710. The van der Waals surface area contributed by atoms with Gasteiger partial charge in [0.25, 0.3) is 0 Å². The van der Waals surface area contributed by atoms with E-state index in [-0.39, 0.29) is 48.7 Å². The predicted octanol–water partition coefficient (Wildman–Crippen LogP) is 4.73. The summed E-state index contributed by atoms with van der Waals surface area (Å²) < 4.78 is 116. The van der Waals surface area contributed by atoms with Gasteiger partial charge in [-0.1, -0.05) is 0 Å². The lowest BCUT2D eigenvalue weighted by Crippen LogP contribution is -2.56. The summed E-state index contributed by atoms with van der Waals surface area (Å²) in [7, 11) is 0. The van der Waals surface area contributed by atoms with Gasteiger partial charge in [0.2, 0.25) is 5.88 Å². The van der Waals surface area contributed by atoms with Gasteiger partial charge in [-0.05, 0) is 44.9 Å². The Morgan fingerprint density at radius 2 is 1.93 bits per heavy atom. The molecule has 9 nitrogen and oxygen atoms in total. The van der Waals surface area contributed by atoms with Crippen LogP contribution in [0.2, 0.25) is 0 Å². The lowest BCUT2D eigenvalue weighted by Gasteiger charge is -2.38. The minimum atomic E-state index is -5.09. The molecule has 5 atom stereocenters. The molecule has 4 aliphatic heterocycles. The SMILES string of the molecule is Cc1c(F)c(N)cc(-c2nc3c4c(nc(OCC[C@@]56CCCN5C[C@H](F)[C@@H]6F)nc4c2F)N2CCNC[C@H]2[C@H](C)O3)c1C(F)(F)F. The van der Waals surface area contributed by atoms with Gasteiger partial charge in [-0.15, -0.1) is 0 Å². The zero-order valence-electron chi connectivity index (χ0n) is 25.0. The number of hydrogen-bond donors (Lipinski definition) is 2. The van der Waals surface area contributed by atoms with Gasteiger partial charge in [0.1, 0.15) is 40.5 Å². The van der Waals surface area contributed by atoms with Crippen LogP contribution in [0.15, 0.2) is 6.07 Å². The minimum absolute atomic E-state index is 0.00257. The average Bonchev–Trinajstić information content (AvgIpc) is 3.47. The largest absolute Gasteiger partial charge is 0.472 e. The molecule has 0 saturated carbocycles. The summed E-state index contributed by atoms with van der Waals surface area (Å²) in [6.07, 6.45) is -7.67. The van der Waals surface area contributed by atoms with E-state index >= 15 is 8.78 Å². The van der Waals surface area contributed by atoms with Gasteiger partial charge in [-0.25, -0.2) is 22.5 Å². The quantitative estimate of drug-likeness (QED) is 0.299. The van der Waals surface area contributed by atoms with Gasteiger partial charge < -0.3 is 25.4 Å². The maximum Gasteiger partial charge on any atom is 0.417 e. The van der Waals surface area contributed by atoms with Crippen LogP contribution in [-0.2, 0) is 6.18 Å². The van der Waals surface area contributed by atoms with E-state index < -0.39 is 75.4 Å². The molecular formula is C30H32F7N7O2. The Hall–Kier alpha value is -3.66. The number of aromatic nitrogens is 3. The number of anilines is 2. The maximum absolute atomic E-state index is 16.6. The highest BCUT2D eigenvalue weighted by atomic mass is 19.4. The van der Waals surface area contributed by atoms with Crippen LogP contribution in [0.1, 0.15) is 37.3 Å². The highest BCUT2D eigenvalue weighted by Crippen LogP contribution is 2.47. The highest BCUT2D eigenvalue weighted by molar-refractivity contribution is 5.97. The van der Waals surface area contributed by atoms with E-state index in [1.807, 2.05) is 4.90 Å². The van der Waals surface area contributed by atoms with E-state index in [2.05, 4.69) is 20.3 Å². The van der Waals surface area contributed by atoms with Crippen LogP contribution >= 0.6 is 0 Å². The van der Waals surface area contributed by atoms with Crippen LogP contribution in [0, 0.1) is 18.6 Å². The molecule has 0 spiro atoms. The van der Waals surface area contributed by atoms with E-state index in [4.69, 9.17) is 15.2 Å². The number of piperazine rings is 1. The van der Waals surface area contributed by atoms with E-state index in [0.717, 1.165) is 6.92 Å². The van der Waals surface area contributed by atoms with Gasteiger partial charge in [-0.3, -0.25) is 4.90 Å². The summed E-state index contributed by atoms with van der Waals surface area (Å²) in [4.78, 5) is 16.7. The van der Waals surface area contributed by atoms with Crippen molar-refractivity contribution in [1.82, 2.24) is 25.2 Å². The standard InChI is InChI=1S/C30H32F7N7O2/c1-13-20(30(35,36)37)15(10-17(38)21(13)32)23-22(33)24-19-26(44-8-6-39-11-18(44)14(2)46-27(19)40-23)42-28(41-24)45-9-5-29-4-3-7-43(29)12-16(31)25(29)34/h10,14,16,18,25,39H,3-9,11-12,38H2,1-2H3/t14-,16-,18-,25-,29+/m0/s1. The van der Waals surface area contributed by atoms with Crippen LogP contribution < -0.4 is 25.4 Å². The molecule has 0 aliphatic carbocycles. The van der Waals surface area contributed by atoms with E-state index in [9.17, 15) is 22.0 Å². The number of pyridine rings is 1. The van der Waals surface area contributed by atoms with Crippen LogP contribution in [0.3, 0.4) is 0 Å². The second-order valence-corrected chi connectivity index (χ2v) is 12.4. The van der Waals surface area contributed by atoms with Crippen molar-refractivity contribution in [1.29, 1.82) is 0 Å². The Morgan fingerprint density at radius 3 is 2.70 bits per heavy atom. The lowest BCUT2D eigenvalue weighted by molar-refractivity contribution is -0.137. The first-order chi connectivity index (χ1) is 21.8. The summed E-state index contributed by atoms with van der Waals surface area (Å²) in [6.45, 7) is 4.54. The number of rotatable bonds is 5. The topological polar surface area (TPSA) is 102 Å². The van der Waals surface area contributed by atoms with Gasteiger partial charge in [0.15, 0.2) is 12.0 Å². The van der Waals surface area contributed by atoms with Crippen molar-refractivity contribution in [2.24, 2.45) is 0 Å². The number of halogens is 7. The molecule has 4 aliphatic rings. The minimum Gasteiger partial charge on any atom is -0.472 e. The summed E-state index contributed by atoms with van der Waals surface area (Å²) in [5.74, 6) is -2.51. The van der Waals surface area contributed by atoms with Crippen molar-refractivity contribution in [2.75, 3.05) is 50.0 Å². The Balaban J connectivity index is 1.37. The molecule has 46 heavy (non-hydrogen) atoms. The third kappa shape index (κ3) is 4.69. The van der Waals surface area contributed by atoms with Crippen molar-refractivity contribution >= 4 is 22.4 Å². The number of fused-ring (bicyclic) bond motifs is 3.